The zero-order chi connectivity index (χ0) is 20.7. The average molecular weight is 428 g/mol. The van der Waals surface area contributed by atoms with Gasteiger partial charge in [0.1, 0.15) is 17.2 Å². The van der Waals surface area contributed by atoms with E-state index in [-0.39, 0.29) is 10.8 Å². The molecule has 0 aliphatic carbocycles. The van der Waals surface area contributed by atoms with Crippen molar-refractivity contribution in [2.75, 3.05) is 26.1 Å². The zero-order valence-electron chi connectivity index (χ0n) is 15.5. The van der Waals surface area contributed by atoms with Crippen LogP contribution in [0.1, 0.15) is 6.92 Å². The van der Waals surface area contributed by atoms with E-state index in [0.717, 1.165) is 0 Å². The van der Waals surface area contributed by atoms with E-state index >= 15 is 0 Å². The molecule has 1 atom stereocenters. The number of esters is 1. The molecule has 0 aromatic heterocycles. The van der Waals surface area contributed by atoms with Crippen LogP contribution in [-0.4, -0.2) is 38.8 Å². The molecule has 0 radical (unpaired) electrons. The van der Waals surface area contributed by atoms with Crippen molar-refractivity contribution in [1.29, 1.82) is 0 Å². The zero-order valence-corrected chi connectivity index (χ0v) is 17.0. The van der Waals surface area contributed by atoms with Gasteiger partial charge in [-0.05, 0) is 37.3 Å². The van der Waals surface area contributed by atoms with Crippen molar-refractivity contribution in [1.82, 2.24) is 0 Å². The van der Waals surface area contributed by atoms with Crippen molar-refractivity contribution in [2.24, 2.45) is 0 Å². The quantitative estimate of drug-likeness (QED) is 0.641. The summed E-state index contributed by atoms with van der Waals surface area (Å²) in [5.41, 5.74) is 0.418. The highest BCUT2D eigenvalue weighted by Gasteiger charge is 2.19. The monoisotopic (exact) mass is 427 g/mol. The lowest BCUT2D eigenvalue weighted by molar-refractivity contribution is -0.153. The Balaban J connectivity index is 1.88. The molecule has 0 fully saturated rings. The maximum atomic E-state index is 12.1. The number of nitrogens with one attached hydrogen (secondary N) is 1. The SMILES string of the molecule is COc1ccc(NC(=O)COC(=O)[C@@H](C)Oc2ccc(Cl)cc2Cl)c(OC)c1. The standard InChI is InChI=1S/C19H19Cl2NO6/c1-11(28-16-7-4-12(20)8-14(16)21)19(24)27-10-18(23)22-15-6-5-13(25-2)9-17(15)26-3/h4-9,11H,10H2,1-3H3,(H,22,23)/t11-/m1/s1. The second kappa shape index (κ2) is 10.1. The molecule has 2 aromatic carbocycles. The Morgan fingerprint density at radius 2 is 1.79 bits per heavy atom. The Morgan fingerprint density at radius 1 is 1.04 bits per heavy atom. The van der Waals surface area contributed by atoms with E-state index in [1.54, 1.807) is 24.3 Å². The Kier molecular flexibility index (Phi) is 7.78. The van der Waals surface area contributed by atoms with Gasteiger partial charge < -0.3 is 24.3 Å². The van der Waals surface area contributed by atoms with Crippen LogP contribution >= 0.6 is 23.2 Å². The molecular weight excluding hydrogens is 409 g/mol. The fraction of sp³-hybridized carbons (Fsp3) is 0.263. The fourth-order valence-corrected chi connectivity index (χ4v) is 2.60. The van der Waals surface area contributed by atoms with Crippen LogP contribution in [0.5, 0.6) is 17.2 Å². The Morgan fingerprint density at radius 3 is 2.43 bits per heavy atom. The summed E-state index contributed by atoms with van der Waals surface area (Å²) in [7, 11) is 2.98. The van der Waals surface area contributed by atoms with E-state index < -0.39 is 24.6 Å². The molecule has 1 amide bonds. The van der Waals surface area contributed by atoms with Gasteiger partial charge in [-0.15, -0.1) is 0 Å². The highest BCUT2D eigenvalue weighted by atomic mass is 35.5. The van der Waals surface area contributed by atoms with Crippen LogP contribution in [0.4, 0.5) is 5.69 Å². The van der Waals surface area contributed by atoms with E-state index in [0.29, 0.717) is 22.2 Å². The third kappa shape index (κ3) is 5.94. The second-order valence-electron chi connectivity index (χ2n) is 5.56. The number of benzene rings is 2. The van der Waals surface area contributed by atoms with Gasteiger partial charge >= 0.3 is 5.97 Å². The van der Waals surface area contributed by atoms with Crippen LogP contribution in [0.25, 0.3) is 0 Å². The molecule has 9 heteroatoms. The number of carbonyl (C=O) groups excluding carboxylic acids is 2. The number of methoxy groups -OCH3 is 2. The molecule has 0 aliphatic rings. The van der Waals surface area contributed by atoms with Crippen LogP contribution in [0.3, 0.4) is 0 Å². The minimum atomic E-state index is -0.970. The molecule has 28 heavy (non-hydrogen) atoms. The number of halogens is 2. The highest BCUT2D eigenvalue weighted by Crippen LogP contribution is 2.29. The van der Waals surface area contributed by atoms with Crippen molar-refractivity contribution >= 4 is 40.8 Å². The van der Waals surface area contributed by atoms with Crippen molar-refractivity contribution in [2.45, 2.75) is 13.0 Å². The molecule has 0 unspecified atom stereocenters. The van der Waals surface area contributed by atoms with Gasteiger partial charge in [0.25, 0.3) is 5.91 Å². The van der Waals surface area contributed by atoms with Crippen LogP contribution < -0.4 is 19.5 Å². The summed E-state index contributed by atoms with van der Waals surface area (Å²) in [4.78, 5) is 24.1. The summed E-state index contributed by atoms with van der Waals surface area (Å²) in [6.45, 7) is 0.994. The van der Waals surface area contributed by atoms with E-state index in [2.05, 4.69) is 5.32 Å². The van der Waals surface area contributed by atoms with Gasteiger partial charge in [0.2, 0.25) is 0 Å². The van der Waals surface area contributed by atoms with Crippen LogP contribution in [0.15, 0.2) is 36.4 Å². The fourth-order valence-electron chi connectivity index (χ4n) is 2.15. The molecule has 0 heterocycles. The number of anilines is 1. The van der Waals surface area contributed by atoms with E-state index in [9.17, 15) is 9.59 Å². The summed E-state index contributed by atoms with van der Waals surface area (Å²) in [6, 6.07) is 9.51. The molecular formula is C19H19Cl2NO6. The summed E-state index contributed by atoms with van der Waals surface area (Å²) in [6.07, 6.45) is -0.970. The molecule has 2 rings (SSSR count). The Hall–Kier alpha value is -2.64. The van der Waals surface area contributed by atoms with Gasteiger partial charge in [-0.2, -0.15) is 0 Å². The van der Waals surface area contributed by atoms with Crippen molar-refractivity contribution < 1.29 is 28.5 Å². The van der Waals surface area contributed by atoms with Crippen LogP contribution in [-0.2, 0) is 14.3 Å². The topological polar surface area (TPSA) is 83.1 Å². The molecule has 0 spiro atoms. The molecule has 1 N–H and O–H groups in total. The lowest BCUT2D eigenvalue weighted by Crippen LogP contribution is -2.29. The van der Waals surface area contributed by atoms with E-state index in [1.807, 2.05) is 0 Å². The first-order valence-electron chi connectivity index (χ1n) is 8.14. The van der Waals surface area contributed by atoms with Crippen LogP contribution in [0.2, 0.25) is 10.0 Å². The Bertz CT molecular complexity index is 858. The number of hydrogen-bond acceptors (Lipinski definition) is 6. The first-order chi connectivity index (χ1) is 13.3. The smallest absolute Gasteiger partial charge is 0.347 e. The van der Waals surface area contributed by atoms with Crippen molar-refractivity contribution in [3.63, 3.8) is 0 Å². The number of amides is 1. The molecule has 2 aromatic rings. The lowest BCUT2D eigenvalue weighted by atomic mass is 10.2. The van der Waals surface area contributed by atoms with Gasteiger partial charge in [-0.1, -0.05) is 23.2 Å². The number of ether oxygens (including phenoxy) is 4. The number of carbonyl (C=O) groups is 2. The van der Waals surface area contributed by atoms with Gasteiger partial charge in [0.15, 0.2) is 12.7 Å². The maximum Gasteiger partial charge on any atom is 0.347 e. The van der Waals surface area contributed by atoms with Gasteiger partial charge in [-0.3, -0.25) is 4.79 Å². The summed E-state index contributed by atoms with van der Waals surface area (Å²) < 4.78 is 20.7. The first-order valence-corrected chi connectivity index (χ1v) is 8.90. The number of hydrogen-bond donors (Lipinski definition) is 1. The van der Waals surface area contributed by atoms with Crippen molar-refractivity contribution in [3.8, 4) is 17.2 Å². The molecule has 7 nitrogen and oxygen atoms in total. The largest absolute Gasteiger partial charge is 0.497 e. The van der Waals surface area contributed by atoms with Gasteiger partial charge in [-0.25, -0.2) is 4.79 Å². The number of rotatable bonds is 8. The molecule has 0 saturated carbocycles. The normalized spacial score (nSPS) is 11.3. The Labute approximate surface area is 172 Å². The predicted octanol–water partition coefficient (Wildman–Crippen LogP) is 3.96. The van der Waals surface area contributed by atoms with Crippen LogP contribution in [0, 0.1) is 0 Å². The third-order valence-corrected chi connectivity index (χ3v) is 4.09. The molecule has 0 saturated heterocycles. The van der Waals surface area contributed by atoms with E-state index in [4.69, 9.17) is 42.1 Å². The van der Waals surface area contributed by atoms with Gasteiger partial charge in [0.05, 0.1) is 24.9 Å². The minimum Gasteiger partial charge on any atom is -0.497 e. The average Bonchev–Trinajstić information content (AvgIpc) is 2.68. The first kappa shape index (κ1) is 21.7. The summed E-state index contributed by atoms with van der Waals surface area (Å²) in [5, 5.41) is 3.30. The van der Waals surface area contributed by atoms with Crippen molar-refractivity contribution in [3.05, 3.63) is 46.4 Å². The predicted molar refractivity (Wildman–Crippen MR) is 106 cm³/mol. The highest BCUT2D eigenvalue weighted by molar-refractivity contribution is 6.35. The summed E-state index contributed by atoms with van der Waals surface area (Å²) >= 11 is 11.8. The van der Waals surface area contributed by atoms with Gasteiger partial charge in [0, 0.05) is 11.1 Å². The van der Waals surface area contributed by atoms with E-state index in [1.165, 1.54) is 33.3 Å². The molecule has 0 bridgehead atoms. The lowest BCUT2D eigenvalue weighted by Gasteiger charge is -2.15. The molecule has 150 valence electrons. The summed E-state index contributed by atoms with van der Waals surface area (Å²) in [5.74, 6) is 0.0144. The third-order valence-electron chi connectivity index (χ3n) is 3.56. The minimum absolute atomic E-state index is 0.261. The maximum absolute atomic E-state index is 12.1. The second-order valence-corrected chi connectivity index (χ2v) is 6.40. The molecule has 0 aliphatic heterocycles.